The molecule has 76 valence electrons. The zero-order valence-electron chi connectivity index (χ0n) is 9.38. The molecule has 0 unspecified atom stereocenters. The summed E-state index contributed by atoms with van der Waals surface area (Å²) < 4.78 is 4.28. The molecule has 0 aliphatic rings. The fourth-order valence-corrected chi connectivity index (χ4v) is 2.37. The number of fused-ring (bicyclic) bond motifs is 1. The highest BCUT2D eigenvalue weighted by molar-refractivity contribution is 7.12. The minimum absolute atomic E-state index is 1.06. The van der Waals surface area contributed by atoms with E-state index < -0.39 is 0 Å². The molecule has 0 saturated heterocycles. The highest BCUT2D eigenvalue weighted by atomic mass is 32.1. The minimum atomic E-state index is 1.06. The van der Waals surface area contributed by atoms with Crippen LogP contribution in [0.25, 0.3) is 10.2 Å². The maximum atomic E-state index is 4.41. The van der Waals surface area contributed by atoms with Crippen molar-refractivity contribution >= 4 is 21.7 Å². The van der Waals surface area contributed by atoms with Crippen LogP contribution in [0.1, 0.15) is 30.8 Å². The smallest absolute Gasteiger partial charge is 0.144 e. The molecule has 0 aromatic carbocycles. The Bertz CT molecular complexity index is 432. The lowest BCUT2D eigenvalue weighted by Gasteiger charge is -1.97. The Kier molecular flexibility index (Phi) is 3.58. The van der Waals surface area contributed by atoms with Crippen LogP contribution >= 0.6 is 11.5 Å². The van der Waals surface area contributed by atoms with Gasteiger partial charge in [0.2, 0.25) is 0 Å². The van der Waals surface area contributed by atoms with Gasteiger partial charge in [0.05, 0.1) is 5.69 Å². The molecule has 0 aliphatic carbocycles. The molecule has 14 heavy (non-hydrogen) atoms. The van der Waals surface area contributed by atoms with Crippen molar-refractivity contribution in [3.05, 3.63) is 23.0 Å². The fraction of sp³-hybridized carbons (Fsp3) is 0.455. The summed E-state index contributed by atoms with van der Waals surface area (Å²) >= 11 is 1.48. The average Bonchev–Trinajstić information content (AvgIpc) is 2.51. The summed E-state index contributed by atoms with van der Waals surface area (Å²) in [7, 11) is 0. The number of aromatic nitrogens is 2. The quantitative estimate of drug-likeness (QED) is 0.660. The SMILES string of the molecule is CC.Cc1cc(C)c2c(C)nsc2n1. The third-order valence-corrected chi connectivity index (χ3v) is 2.78. The van der Waals surface area contributed by atoms with Gasteiger partial charge in [-0.1, -0.05) is 13.8 Å². The molecule has 0 aliphatic heterocycles. The Hall–Kier alpha value is -0.960. The van der Waals surface area contributed by atoms with Crippen LogP contribution < -0.4 is 0 Å². The maximum absolute atomic E-state index is 4.41. The molecule has 0 bridgehead atoms. The first-order valence-electron chi connectivity index (χ1n) is 4.88. The van der Waals surface area contributed by atoms with Crippen molar-refractivity contribution in [2.24, 2.45) is 0 Å². The van der Waals surface area contributed by atoms with Gasteiger partial charge in [0.1, 0.15) is 4.83 Å². The van der Waals surface area contributed by atoms with Crippen LogP contribution in [0.3, 0.4) is 0 Å². The van der Waals surface area contributed by atoms with Gasteiger partial charge in [-0.2, -0.15) is 4.37 Å². The number of pyridine rings is 1. The molecule has 2 rings (SSSR count). The number of rotatable bonds is 0. The van der Waals surface area contributed by atoms with Gasteiger partial charge in [-0.3, -0.25) is 0 Å². The Morgan fingerprint density at radius 2 is 1.79 bits per heavy atom. The second-order valence-electron chi connectivity index (χ2n) is 3.03. The lowest BCUT2D eigenvalue weighted by Crippen LogP contribution is -1.84. The van der Waals surface area contributed by atoms with E-state index in [0.29, 0.717) is 0 Å². The van der Waals surface area contributed by atoms with E-state index in [2.05, 4.69) is 22.3 Å². The molecule has 2 aromatic rings. The number of aryl methyl sites for hydroxylation is 3. The fourth-order valence-electron chi connectivity index (χ4n) is 1.47. The van der Waals surface area contributed by atoms with Gasteiger partial charge in [0.15, 0.2) is 0 Å². The van der Waals surface area contributed by atoms with Gasteiger partial charge in [0.25, 0.3) is 0 Å². The molecular formula is C11H16N2S. The number of nitrogens with zero attached hydrogens (tertiary/aromatic N) is 2. The molecule has 0 amide bonds. The van der Waals surface area contributed by atoms with Crippen LogP contribution in [-0.2, 0) is 0 Å². The van der Waals surface area contributed by atoms with E-state index in [1.165, 1.54) is 22.5 Å². The Morgan fingerprint density at radius 3 is 2.43 bits per heavy atom. The first kappa shape index (κ1) is 11.1. The third kappa shape index (κ3) is 1.93. The van der Waals surface area contributed by atoms with Gasteiger partial charge in [-0.25, -0.2) is 4.98 Å². The van der Waals surface area contributed by atoms with Crippen LogP contribution in [-0.4, -0.2) is 9.36 Å². The predicted octanol–water partition coefficient (Wildman–Crippen LogP) is 3.64. The van der Waals surface area contributed by atoms with Crippen LogP contribution in [0.15, 0.2) is 6.07 Å². The first-order valence-corrected chi connectivity index (χ1v) is 5.66. The van der Waals surface area contributed by atoms with Crippen molar-refractivity contribution in [2.75, 3.05) is 0 Å². The van der Waals surface area contributed by atoms with E-state index in [0.717, 1.165) is 16.2 Å². The largest absolute Gasteiger partial charge is 0.241 e. The van der Waals surface area contributed by atoms with E-state index in [4.69, 9.17) is 0 Å². The zero-order chi connectivity index (χ0) is 10.7. The summed E-state index contributed by atoms with van der Waals surface area (Å²) in [6.07, 6.45) is 0. The normalized spacial score (nSPS) is 9.79. The molecule has 0 fully saturated rings. The van der Waals surface area contributed by atoms with Crippen molar-refractivity contribution in [1.29, 1.82) is 0 Å². The number of hydrogen-bond acceptors (Lipinski definition) is 3. The lowest BCUT2D eigenvalue weighted by atomic mass is 10.1. The van der Waals surface area contributed by atoms with Crippen LogP contribution in [0.5, 0.6) is 0 Å². The van der Waals surface area contributed by atoms with Gasteiger partial charge in [0, 0.05) is 11.1 Å². The van der Waals surface area contributed by atoms with Crippen LogP contribution in [0, 0.1) is 20.8 Å². The summed E-state index contributed by atoms with van der Waals surface area (Å²) in [5, 5.41) is 1.23. The number of hydrogen-bond donors (Lipinski definition) is 0. The molecular weight excluding hydrogens is 192 g/mol. The van der Waals surface area contributed by atoms with Gasteiger partial charge in [-0.05, 0) is 43.9 Å². The second kappa shape index (κ2) is 4.51. The van der Waals surface area contributed by atoms with Crippen molar-refractivity contribution in [3.8, 4) is 0 Å². The lowest BCUT2D eigenvalue weighted by molar-refractivity contribution is 1.24. The summed E-state index contributed by atoms with van der Waals surface area (Å²) in [6, 6.07) is 2.10. The molecule has 2 heterocycles. The van der Waals surface area contributed by atoms with Crippen LogP contribution in [0.2, 0.25) is 0 Å². The van der Waals surface area contributed by atoms with Crippen molar-refractivity contribution in [3.63, 3.8) is 0 Å². The topological polar surface area (TPSA) is 25.8 Å². The van der Waals surface area contributed by atoms with E-state index >= 15 is 0 Å². The third-order valence-electron chi connectivity index (χ3n) is 1.94. The molecule has 2 nitrogen and oxygen atoms in total. The second-order valence-corrected chi connectivity index (χ2v) is 3.78. The summed E-state index contributed by atoms with van der Waals surface area (Å²) in [6.45, 7) is 10.2. The van der Waals surface area contributed by atoms with E-state index in [1.54, 1.807) is 0 Å². The summed E-state index contributed by atoms with van der Waals surface area (Å²) in [5.41, 5.74) is 3.45. The Labute approximate surface area is 89.2 Å². The van der Waals surface area contributed by atoms with Crippen LogP contribution in [0.4, 0.5) is 0 Å². The molecule has 0 saturated carbocycles. The van der Waals surface area contributed by atoms with Gasteiger partial charge in [-0.15, -0.1) is 0 Å². The van der Waals surface area contributed by atoms with Crippen molar-refractivity contribution in [2.45, 2.75) is 34.6 Å². The average molecular weight is 208 g/mol. The predicted molar refractivity (Wildman–Crippen MR) is 63.0 cm³/mol. The highest BCUT2D eigenvalue weighted by Crippen LogP contribution is 2.23. The van der Waals surface area contributed by atoms with E-state index in [1.807, 2.05) is 27.7 Å². The van der Waals surface area contributed by atoms with Crippen molar-refractivity contribution < 1.29 is 0 Å². The monoisotopic (exact) mass is 208 g/mol. The van der Waals surface area contributed by atoms with Gasteiger partial charge < -0.3 is 0 Å². The summed E-state index contributed by atoms with van der Waals surface area (Å²) in [4.78, 5) is 5.47. The Balaban J connectivity index is 0.000000461. The summed E-state index contributed by atoms with van der Waals surface area (Å²) in [5.74, 6) is 0. The van der Waals surface area contributed by atoms with E-state index in [-0.39, 0.29) is 0 Å². The molecule has 3 heteroatoms. The highest BCUT2D eigenvalue weighted by Gasteiger charge is 2.06. The first-order chi connectivity index (χ1) is 6.68. The standard InChI is InChI=1S/C9H10N2S.C2H6/c1-5-4-6(2)10-9-8(5)7(3)11-12-9;1-2/h4H,1-3H3;1-2H3. The van der Waals surface area contributed by atoms with Gasteiger partial charge >= 0.3 is 0 Å². The zero-order valence-corrected chi connectivity index (χ0v) is 10.2. The Morgan fingerprint density at radius 1 is 1.14 bits per heavy atom. The molecule has 2 aromatic heterocycles. The molecule has 0 spiro atoms. The molecule has 0 radical (unpaired) electrons. The molecule has 0 N–H and O–H groups in total. The minimum Gasteiger partial charge on any atom is -0.241 e. The molecule has 0 atom stereocenters. The van der Waals surface area contributed by atoms with Crippen molar-refractivity contribution in [1.82, 2.24) is 9.36 Å². The van der Waals surface area contributed by atoms with E-state index in [9.17, 15) is 0 Å². The maximum Gasteiger partial charge on any atom is 0.144 e.